The lowest BCUT2D eigenvalue weighted by Crippen LogP contribution is -2.56. The molecule has 2 aliphatic heterocycles. The highest BCUT2D eigenvalue weighted by molar-refractivity contribution is 5.28. The topological polar surface area (TPSA) is 24.9 Å². The second-order valence-electron chi connectivity index (χ2n) is 6.12. The van der Waals surface area contributed by atoms with E-state index in [9.17, 15) is 17.6 Å². The summed E-state index contributed by atoms with van der Waals surface area (Å²) in [7, 11) is 0. The first-order valence-electron chi connectivity index (χ1n) is 7.92. The first-order valence-corrected chi connectivity index (χ1v) is 7.92. The molecule has 0 atom stereocenters. The summed E-state index contributed by atoms with van der Waals surface area (Å²) >= 11 is 0. The van der Waals surface area contributed by atoms with E-state index in [1.807, 2.05) is 0 Å². The number of benzene rings is 1. The number of halogens is 4. The van der Waals surface area contributed by atoms with Gasteiger partial charge in [0.25, 0.3) is 0 Å². The Labute approximate surface area is 137 Å². The molecule has 0 spiro atoms. The summed E-state index contributed by atoms with van der Waals surface area (Å²) in [4.78, 5) is 4.60. The van der Waals surface area contributed by atoms with E-state index >= 15 is 0 Å². The van der Waals surface area contributed by atoms with E-state index in [4.69, 9.17) is 4.74 Å². The number of piperazine rings is 1. The van der Waals surface area contributed by atoms with E-state index in [2.05, 4.69) is 14.5 Å². The van der Waals surface area contributed by atoms with Crippen LogP contribution in [0.15, 0.2) is 24.3 Å². The number of rotatable bonds is 6. The fourth-order valence-electron chi connectivity index (χ4n) is 2.89. The summed E-state index contributed by atoms with van der Waals surface area (Å²) in [6.07, 6.45) is -8.33. The second-order valence-corrected chi connectivity index (χ2v) is 6.12. The van der Waals surface area contributed by atoms with Gasteiger partial charge in [-0.05, 0) is 17.7 Å². The van der Waals surface area contributed by atoms with Crippen molar-refractivity contribution < 1.29 is 27.0 Å². The zero-order valence-electron chi connectivity index (χ0n) is 13.1. The summed E-state index contributed by atoms with van der Waals surface area (Å²) in [5, 5.41) is 0. The minimum atomic E-state index is -4.48. The molecule has 2 heterocycles. The maximum absolute atomic E-state index is 13.0. The Hall–Kier alpha value is -1.38. The average Bonchev–Trinajstić information content (AvgIpc) is 2.47. The SMILES string of the molecule is FC(F)C(F)(F)Oc1cccc(CN2CCN(C3COC3)CC2)c1. The predicted molar refractivity (Wildman–Crippen MR) is 79.5 cm³/mol. The van der Waals surface area contributed by atoms with Crippen molar-refractivity contribution in [1.29, 1.82) is 0 Å². The van der Waals surface area contributed by atoms with Gasteiger partial charge in [0.2, 0.25) is 0 Å². The molecule has 134 valence electrons. The van der Waals surface area contributed by atoms with Gasteiger partial charge in [-0.1, -0.05) is 12.1 Å². The third-order valence-electron chi connectivity index (χ3n) is 4.36. The average molecular weight is 348 g/mol. The first kappa shape index (κ1) is 17.4. The molecule has 8 heteroatoms. The van der Waals surface area contributed by atoms with E-state index < -0.39 is 12.5 Å². The van der Waals surface area contributed by atoms with E-state index in [1.54, 1.807) is 6.07 Å². The third kappa shape index (κ3) is 4.17. The van der Waals surface area contributed by atoms with Gasteiger partial charge in [0, 0.05) is 32.7 Å². The molecule has 0 radical (unpaired) electrons. The Morgan fingerprint density at radius 3 is 2.46 bits per heavy atom. The highest BCUT2D eigenvalue weighted by atomic mass is 19.3. The molecule has 3 rings (SSSR count). The van der Waals surface area contributed by atoms with Crippen LogP contribution in [0.2, 0.25) is 0 Å². The molecule has 0 aromatic heterocycles. The number of hydrogen-bond donors (Lipinski definition) is 0. The van der Waals surface area contributed by atoms with Crippen LogP contribution in [0.1, 0.15) is 5.56 Å². The van der Waals surface area contributed by atoms with Crippen LogP contribution in [0.4, 0.5) is 17.6 Å². The lowest BCUT2D eigenvalue weighted by Gasteiger charge is -2.42. The van der Waals surface area contributed by atoms with Gasteiger partial charge in [0.1, 0.15) is 5.75 Å². The van der Waals surface area contributed by atoms with Crippen LogP contribution in [-0.2, 0) is 11.3 Å². The van der Waals surface area contributed by atoms with Crippen molar-refractivity contribution in [2.75, 3.05) is 39.4 Å². The Morgan fingerprint density at radius 1 is 1.17 bits per heavy atom. The van der Waals surface area contributed by atoms with Crippen molar-refractivity contribution in [3.63, 3.8) is 0 Å². The Morgan fingerprint density at radius 2 is 1.88 bits per heavy atom. The van der Waals surface area contributed by atoms with Gasteiger partial charge in [-0.15, -0.1) is 0 Å². The smallest absolute Gasteiger partial charge is 0.428 e. The first-order chi connectivity index (χ1) is 11.4. The highest BCUT2D eigenvalue weighted by Crippen LogP contribution is 2.28. The molecule has 0 unspecified atom stereocenters. The van der Waals surface area contributed by atoms with Crippen LogP contribution in [0.3, 0.4) is 0 Å². The van der Waals surface area contributed by atoms with Gasteiger partial charge in [0.05, 0.1) is 19.3 Å². The lowest BCUT2D eigenvalue weighted by atomic mass is 10.1. The summed E-state index contributed by atoms with van der Waals surface area (Å²) in [6.45, 7) is 5.77. The molecule has 0 aliphatic carbocycles. The zero-order valence-corrected chi connectivity index (χ0v) is 13.1. The van der Waals surface area contributed by atoms with Crippen molar-refractivity contribution in [1.82, 2.24) is 9.80 Å². The van der Waals surface area contributed by atoms with Crippen molar-refractivity contribution >= 4 is 0 Å². The lowest BCUT2D eigenvalue weighted by molar-refractivity contribution is -0.253. The quantitative estimate of drug-likeness (QED) is 0.738. The molecule has 1 aromatic rings. The van der Waals surface area contributed by atoms with E-state index in [0.717, 1.165) is 45.0 Å². The minimum absolute atomic E-state index is 0.247. The maximum atomic E-state index is 13.0. The molecular formula is C16H20F4N2O2. The van der Waals surface area contributed by atoms with Crippen LogP contribution >= 0.6 is 0 Å². The van der Waals surface area contributed by atoms with Crippen molar-refractivity contribution in [3.05, 3.63) is 29.8 Å². The van der Waals surface area contributed by atoms with Gasteiger partial charge in [-0.2, -0.15) is 17.6 Å². The Bertz CT molecular complexity index is 547. The molecule has 24 heavy (non-hydrogen) atoms. The van der Waals surface area contributed by atoms with Gasteiger partial charge < -0.3 is 9.47 Å². The number of nitrogens with zero attached hydrogens (tertiary/aromatic N) is 2. The highest BCUT2D eigenvalue weighted by Gasteiger charge is 2.44. The molecule has 0 N–H and O–H groups in total. The molecule has 0 bridgehead atoms. The minimum Gasteiger partial charge on any atom is -0.428 e. The fourth-order valence-corrected chi connectivity index (χ4v) is 2.89. The summed E-state index contributed by atoms with van der Waals surface area (Å²) < 4.78 is 59.7. The second kappa shape index (κ2) is 7.25. The van der Waals surface area contributed by atoms with Gasteiger partial charge in [-0.25, -0.2) is 0 Å². The van der Waals surface area contributed by atoms with Crippen LogP contribution in [0.5, 0.6) is 5.75 Å². The normalized spacial score (nSPS) is 21.0. The molecular weight excluding hydrogens is 328 g/mol. The molecule has 4 nitrogen and oxygen atoms in total. The standard InChI is InChI=1S/C16H20F4N2O2/c17-15(18)16(19,20)24-14-3-1-2-12(8-14)9-21-4-6-22(7-5-21)13-10-23-11-13/h1-3,8,13,15H,4-7,9-11H2. The maximum Gasteiger partial charge on any atom is 0.461 e. The van der Waals surface area contributed by atoms with Gasteiger partial charge in [-0.3, -0.25) is 9.80 Å². The van der Waals surface area contributed by atoms with Crippen LogP contribution in [-0.4, -0.2) is 67.8 Å². The molecule has 1 aromatic carbocycles. The fraction of sp³-hybridized carbons (Fsp3) is 0.625. The number of alkyl halides is 4. The largest absolute Gasteiger partial charge is 0.461 e. The predicted octanol–water partition coefficient (Wildman–Crippen LogP) is 2.44. The number of ether oxygens (including phenoxy) is 2. The van der Waals surface area contributed by atoms with Crippen LogP contribution < -0.4 is 4.74 Å². The van der Waals surface area contributed by atoms with Crippen LogP contribution in [0.25, 0.3) is 0 Å². The monoisotopic (exact) mass is 348 g/mol. The van der Waals surface area contributed by atoms with Crippen molar-refractivity contribution in [2.24, 2.45) is 0 Å². The van der Waals surface area contributed by atoms with E-state index in [-0.39, 0.29) is 5.75 Å². The Kier molecular flexibility index (Phi) is 5.27. The molecule has 2 saturated heterocycles. The zero-order chi connectivity index (χ0) is 17.2. The van der Waals surface area contributed by atoms with Gasteiger partial charge in [0.15, 0.2) is 0 Å². The van der Waals surface area contributed by atoms with E-state index in [1.165, 1.54) is 18.2 Å². The number of hydrogen-bond acceptors (Lipinski definition) is 4. The molecule has 2 fully saturated rings. The molecule has 2 aliphatic rings. The molecule has 0 saturated carbocycles. The summed E-state index contributed by atoms with van der Waals surface area (Å²) in [5.41, 5.74) is 0.762. The Balaban J connectivity index is 1.53. The third-order valence-corrected chi connectivity index (χ3v) is 4.36. The molecule has 0 amide bonds. The van der Waals surface area contributed by atoms with Crippen LogP contribution in [0, 0.1) is 0 Å². The van der Waals surface area contributed by atoms with Gasteiger partial charge >= 0.3 is 12.5 Å². The summed E-state index contributed by atoms with van der Waals surface area (Å²) in [5.74, 6) is -0.247. The van der Waals surface area contributed by atoms with Crippen molar-refractivity contribution in [2.45, 2.75) is 25.1 Å². The van der Waals surface area contributed by atoms with E-state index in [0.29, 0.717) is 12.6 Å². The summed E-state index contributed by atoms with van der Waals surface area (Å²) in [6, 6.07) is 6.48. The van der Waals surface area contributed by atoms with Crippen molar-refractivity contribution in [3.8, 4) is 5.75 Å².